The van der Waals surface area contributed by atoms with Crippen LogP contribution in [-0.4, -0.2) is 50.3 Å². The highest BCUT2D eigenvalue weighted by Gasteiger charge is 2.29. The maximum Gasteiger partial charge on any atom is 0.338 e. The minimum absolute atomic E-state index is 0.0351. The number of rotatable bonds is 7. The molecule has 0 bridgehead atoms. The molecule has 7 nitrogen and oxygen atoms in total. The molecule has 28 heavy (non-hydrogen) atoms. The molecule has 1 fully saturated rings. The lowest BCUT2D eigenvalue weighted by Crippen LogP contribution is -2.36. The summed E-state index contributed by atoms with van der Waals surface area (Å²) in [5.74, 6) is -1.18. The summed E-state index contributed by atoms with van der Waals surface area (Å²) in [4.78, 5) is 24.2. The fraction of sp³-hybridized carbons (Fsp3) is 0.579. The molecule has 1 heterocycles. The Morgan fingerprint density at radius 2 is 1.86 bits per heavy atom. The monoisotopic (exact) mass is 430 g/mol. The summed E-state index contributed by atoms with van der Waals surface area (Å²) in [6.07, 6.45) is 3.35. The summed E-state index contributed by atoms with van der Waals surface area (Å²) < 4.78 is 32.6. The van der Waals surface area contributed by atoms with Gasteiger partial charge >= 0.3 is 5.97 Å². The summed E-state index contributed by atoms with van der Waals surface area (Å²) in [5.41, 5.74) is 0.0351. The maximum atomic E-state index is 13.0. The number of benzene rings is 1. The molecule has 0 aliphatic carbocycles. The number of carbonyl (C=O) groups is 2. The molecule has 1 aromatic rings. The molecule has 1 aromatic carbocycles. The Bertz CT molecular complexity index is 805. The molecule has 1 saturated heterocycles. The normalized spacial score (nSPS) is 16.8. The van der Waals surface area contributed by atoms with E-state index < -0.39 is 28.0 Å². The van der Waals surface area contributed by atoms with Crippen molar-refractivity contribution < 1.29 is 22.7 Å². The van der Waals surface area contributed by atoms with Gasteiger partial charge in [-0.15, -0.1) is 0 Å². The van der Waals surface area contributed by atoms with Gasteiger partial charge in [-0.1, -0.05) is 31.4 Å². The Labute approximate surface area is 171 Å². The van der Waals surface area contributed by atoms with Crippen molar-refractivity contribution in [3.8, 4) is 0 Å². The van der Waals surface area contributed by atoms with Gasteiger partial charge in [0, 0.05) is 19.6 Å². The van der Waals surface area contributed by atoms with Crippen LogP contribution >= 0.6 is 11.6 Å². The van der Waals surface area contributed by atoms with Gasteiger partial charge in [0.1, 0.15) is 4.90 Å². The molecular weight excluding hydrogens is 404 g/mol. The molecule has 1 amide bonds. The Morgan fingerprint density at radius 1 is 1.21 bits per heavy atom. The number of carbonyl (C=O) groups excluding carboxylic acids is 2. The second-order valence-electron chi connectivity index (χ2n) is 6.80. The third-order valence-corrected chi connectivity index (χ3v) is 6.93. The van der Waals surface area contributed by atoms with Crippen LogP contribution in [0, 0.1) is 0 Å². The second-order valence-corrected chi connectivity index (χ2v) is 9.12. The third kappa shape index (κ3) is 5.68. The number of ether oxygens (including phenoxy) is 1. The van der Waals surface area contributed by atoms with Crippen molar-refractivity contribution in [3.63, 3.8) is 0 Å². The van der Waals surface area contributed by atoms with Crippen molar-refractivity contribution in [2.24, 2.45) is 0 Å². The van der Waals surface area contributed by atoms with Crippen molar-refractivity contribution in [1.82, 2.24) is 9.62 Å². The molecule has 0 radical (unpaired) electrons. The van der Waals surface area contributed by atoms with Gasteiger partial charge in [0.25, 0.3) is 5.91 Å². The number of hydrogen-bond donors (Lipinski definition) is 1. The summed E-state index contributed by atoms with van der Waals surface area (Å²) >= 11 is 6.14. The van der Waals surface area contributed by atoms with E-state index in [9.17, 15) is 18.0 Å². The van der Waals surface area contributed by atoms with Crippen molar-refractivity contribution >= 4 is 33.5 Å². The minimum atomic E-state index is -3.81. The number of sulfonamides is 1. The molecule has 1 aliphatic rings. The van der Waals surface area contributed by atoms with Crippen LogP contribution < -0.4 is 5.32 Å². The largest absolute Gasteiger partial charge is 0.449 e. The van der Waals surface area contributed by atoms with E-state index in [0.29, 0.717) is 19.6 Å². The van der Waals surface area contributed by atoms with Gasteiger partial charge in [0.15, 0.2) is 6.10 Å². The molecule has 1 N–H and O–H groups in total. The van der Waals surface area contributed by atoms with Crippen LogP contribution in [-0.2, 0) is 19.6 Å². The van der Waals surface area contributed by atoms with Crippen LogP contribution in [0.2, 0.25) is 5.02 Å². The molecule has 2 rings (SSSR count). The predicted octanol–water partition coefficient (Wildman–Crippen LogP) is 2.98. The topological polar surface area (TPSA) is 92.8 Å². The summed E-state index contributed by atoms with van der Waals surface area (Å²) in [5, 5.41) is 2.69. The number of halogens is 1. The third-order valence-electron chi connectivity index (χ3n) is 4.55. The van der Waals surface area contributed by atoms with Crippen LogP contribution in [0.5, 0.6) is 0 Å². The summed E-state index contributed by atoms with van der Waals surface area (Å²) in [6, 6.07) is 3.98. The van der Waals surface area contributed by atoms with E-state index in [4.69, 9.17) is 16.3 Å². The first-order chi connectivity index (χ1) is 13.3. The SMILES string of the molecule is CCCNC(=O)C(C)OC(=O)c1ccc(Cl)c(S(=O)(=O)N2CCCCCC2)c1. The lowest BCUT2D eigenvalue weighted by Gasteiger charge is -2.21. The van der Waals surface area contributed by atoms with E-state index in [2.05, 4.69) is 5.32 Å². The maximum absolute atomic E-state index is 13.0. The lowest BCUT2D eigenvalue weighted by atomic mass is 10.2. The van der Waals surface area contributed by atoms with Gasteiger partial charge in [-0.05, 0) is 44.4 Å². The molecule has 9 heteroatoms. The van der Waals surface area contributed by atoms with Crippen molar-refractivity contribution in [2.45, 2.75) is 57.0 Å². The Balaban J connectivity index is 2.20. The molecule has 156 valence electrons. The highest BCUT2D eigenvalue weighted by Crippen LogP contribution is 2.28. The average Bonchev–Trinajstić information content (AvgIpc) is 2.96. The number of nitrogens with one attached hydrogen (secondary N) is 1. The molecular formula is C19H27ClN2O5S. The number of nitrogens with zero attached hydrogens (tertiary/aromatic N) is 1. The van der Waals surface area contributed by atoms with E-state index >= 15 is 0 Å². The number of hydrogen-bond acceptors (Lipinski definition) is 5. The Morgan fingerprint density at radius 3 is 2.46 bits per heavy atom. The van der Waals surface area contributed by atoms with Gasteiger partial charge in [-0.3, -0.25) is 4.79 Å². The van der Waals surface area contributed by atoms with Crippen LogP contribution in [0.1, 0.15) is 56.3 Å². The van der Waals surface area contributed by atoms with Gasteiger partial charge < -0.3 is 10.1 Å². The highest BCUT2D eigenvalue weighted by molar-refractivity contribution is 7.89. The zero-order valence-electron chi connectivity index (χ0n) is 16.2. The standard InChI is InChI=1S/C19H27ClN2O5S/c1-3-10-21-18(23)14(2)27-19(24)15-8-9-16(20)17(13-15)28(25,26)22-11-6-4-5-7-12-22/h8-9,13-14H,3-7,10-12H2,1-2H3,(H,21,23). The van der Waals surface area contributed by atoms with Crippen LogP contribution in [0.25, 0.3) is 0 Å². The number of esters is 1. The predicted molar refractivity (Wildman–Crippen MR) is 107 cm³/mol. The van der Waals surface area contributed by atoms with E-state index in [1.807, 2.05) is 6.92 Å². The minimum Gasteiger partial charge on any atom is -0.449 e. The van der Waals surface area contributed by atoms with Gasteiger partial charge in [0.05, 0.1) is 10.6 Å². The fourth-order valence-corrected chi connectivity index (χ4v) is 4.94. The van der Waals surface area contributed by atoms with E-state index in [-0.39, 0.29) is 15.5 Å². The van der Waals surface area contributed by atoms with Crippen molar-refractivity contribution in [2.75, 3.05) is 19.6 Å². The first-order valence-corrected chi connectivity index (χ1v) is 11.4. The number of amides is 1. The van der Waals surface area contributed by atoms with E-state index in [1.165, 1.54) is 29.4 Å². The van der Waals surface area contributed by atoms with Gasteiger partial charge in [-0.2, -0.15) is 4.31 Å². The molecule has 1 aliphatic heterocycles. The van der Waals surface area contributed by atoms with Crippen LogP contribution in [0.15, 0.2) is 23.1 Å². The highest BCUT2D eigenvalue weighted by atomic mass is 35.5. The zero-order valence-corrected chi connectivity index (χ0v) is 17.8. The van der Waals surface area contributed by atoms with Crippen LogP contribution in [0.3, 0.4) is 0 Å². The van der Waals surface area contributed by atoms with E-state index in [1.54, 1.807) is 0 Å². The summed E-state index contributed by atoms with van der Waals surface area (Å²) in [6.45, 7) is 4.73. The van der Waals surface area contributed by atoms with Crippen molar-refractivity contribution in [3.05, 3.63) is 28.8 Å². The Kier molecular flexibility index (Phi) is 8.27. The molecule has 0 saturated carbocycles. The molecule has 0 aromatic heterocycles. The lowest BCUT2D eigenvalue weighted by molar-refractivity contribution is -0.129. The Hall–Kier alpha value is -1.64. The zero-order chi connectivity index (χ0) is 20.7. The first kappa shape index (κ1) is 22.6. The first-order valence-electron chi connectivity index (χ1n) is 9.55. The second kappa shape index (κ2) is 10.2. The van der Waals surface area contributed by atoms with Gasteiger partial charge in [-0.25, -0.2) is 13.2 Å². The quantitative estimate of drug-likeness (QED) is 0.671. The average molecular weight is 431 g/mol. The van der Waals surface area contributed by atoms with Gasteiger partial charge in [0.2, 0.25) is 10.0 Å². The molecule has 1 atom stereocenters. The smallest absolute Gasteiger partial charge is 0.338 e. The van der Waals surface area contributed by atoms with Crippen molar-refractivity contribution in [1.29, 1.82) is 0 Å². The summed E-state index contributed by atoms with van der Waals surface area (Å²) in [7, 11) is -3.81. The fourth-order valence-electron chi connectivity index (χ4n) is 2.92. The van der Waals surface area contributed by atoms with Crippen LogP contribution in [0.4, 0.5) is 0 Å². The molecule has 1 unspecified atom stereocenters. The molecule has 0 spiro atoms. The van der Waals surface area contributed by atoms with E-state index in [0.717, 1.165) is 32.1 Å².